The minimum Gasteiger partial charge on any atom is -0.363 e. The van der Waals surface area contributed by atoms with E-state index in [0.717, 1.165) is 61.6 Å². The van der Waals surface area contributed by atoms with Gasteiger partial charge in [0.05, 0.1) is 12.2 Å². The number of rotatable bonds is 4. The highest BCUT2D eigenvalue weighted by molar-refractivity contribution is 5.99. The van der Waals surface area contributed by atoms with Gasteiger partial charge in [0.2, 0.25) is 0 Å². The second-order valence-electron chi connectivity index (χ2n) is 10.0. The fourth-order valence-electron chi connectivity index (χ4n) is 6.11. The third-order valence-corrected chi connectivity index (χ3v) is 7.84. The first-order valence-electron chi connectivity index (χ1n) is 12.7. The molecule has 3 aliphatic rings. The van der Waals surface area contributed by atoms with Gasteiger partial charge in [-0.1, -0.05) is 68.9 Å². The third kappa shape index (κ3) is 4.56. The lowest BCUT2D eigenvalue weighted by Crippen LogP contribution is -2.49. The zero-order valence-electron chi connectivity index (χ0n) is 19.4. The van der Waals surface area contributed by atoms with E-state index in [0.29, 0.717) is 0 Å². The second-order valence-corrected chi connectivity index (χ2v) is 10.0. The number of fused-ring (bicyclic) bond motifs is 1. The van der Waals surface area contributed by atoms with Crippen LogP contribution in [0.3, 0.4) is 0 Å². The largest absolute Gasteiger partial charge is 0.410 e. The van der Waals surface area contributed by atoms with Crippen LogP contribution in [0.5, 0.6) is 0 Å². The van der Waals surface area contributed by atoms with E-state index in [2.05, 4.69) is 10.4 Å². The number of alkyl halides is 3. The van der Waals surface area contributed by atoms with Crippen LogP contribution in [0.2, 0.25) is 0 Å². The lowest BCUT2D eigenvalue weighted by molar-refractivity contribution is -0.173. The number of anilines is 1. The van der Waals surface area contributed by atoms with E-state index >= 15 is 0 Å². The molecule has 8 heteroatoms. The molecule has 2 fully saturated rings. The maximum absolute atomic E-state index is 14.1. The predicted molar refractivity (Wildman–Crippen MR) is 125 cm³/mol. The Kier molecular flexibility index (Phi) is 6.58. The molecule has 0 radical (unpaired) electrons. The van der Waals surface area contributed by atoms with Gasteiger partial charge < -0.3 is 10.2 Å². The molecular weight excluding hydrogens is 441 g/mol. The quantitative estimate of drug-likeness (QED) is 0.540. The van der Waals surface area contributed by atoms with Crippen molar-refractivity contribution in [1.29, 1.82) is 0 Å². The molecule has 184 valence electrons. The summed E-state index contributed by atoms with van der Waals surface area (Å²) >= 11 is 0. The Morgan fingerprint density at radius 1 is 0.941 bits per heavy atom. The van der Waals surface area contributed by atoms with Crippen LogP contribution in [-0.4, -0.2) is 38.8 Å². The Balaban J connectivity index is 1.51. The molecule has 2 heterocycles. The summed E-state index contributed by atoms with van der Waals surface area (Å²) in [7, 11) is 0. The van der Waals surface area contributed by atoms with Crippen molar-refractivity contribution in [2.24, 2.45) is 0 Å². The first-order chi connectivity index (χ1) is 16.4. The minimum atomic E-state index is -4.46. The second kappa shape index (κ2) is 9.62. The van der Waals surface area contributed by atoms with Crippen LogP contribution in [0.4, 0.5) is 19.0 Å². The molecule has 0 bridgehead atoms. The topological polar surface area (TPSA) is 50.2 Å². The van der Waals surface area contributed by atoms with Crippen LogP contribution in [-0.2, 0) is 0 Å². The summed E-state index contributed by atoms with van der Waals surface area (Å²) in [6.45, 7) is 0. The van der Waals surface area contributed by atoms with Crippen LogP contribution in [0.1, 0.15) is 98.6 Å². The van der Waals surface area contributed by atoms with Crippen molar-refractivity contribution >= 4 is 11.7 Å². The molecule has 2 atom stereocenters. The standard InChI is InChI=1S/C26H33F3N4O/c27-26(28,29)23-16-22(18-10-4-1-5-11-18)31-24-21(17-30-33(23)24)25(34)32(19-12-6-2-7-13-19)20-14-8-3-9-15-20/h1,4-5,10-11,17,19-20,22-23,31H,2-3,6-9,12-16H2/t22-,23+/m1/s1. The van der Waals surface area contributed by atoms with Crippen LogP contribution in [0.25, 0.3) is 0 Å². The zero-order valence-corrected chi connectivity index (χ0v) is 19.4. The van der Waals surface area contributed by atoms with Crippen molar-refractivity contribution in [3.8, 4) is 0 Å². The first-order valence-corrected chi connectivity index (χ1v) is 12.7. The van der Waals surface area contributed by atoms with Crippen LogP contribution in [0.15, 0.2) is 36.5 Å². The molecule has 1 aromatic heterocycles. The smallest absolute Gasteiger partial charge is 0.363 e. The molecule has 0 unspecified atom stereocenters. The number of benzene rings is 1. The molecule has 5 rings (SSSR count). The molecule has 0 spiro atoms. The highest BCUT2D eigenvalue weighted by atomic mass is 19.4. The van der Waals surface area contributed by atoms with Gasteiger partial charge in [-0.15, -0.1) is 0 Å². The van der Waals surface area contributed by atoms with Crippen molar-refractivity contribution in [3.63, 3.8) is 0 Å². The molecule has 5 nitrogen and oxygen atoms in total. The summed E-state index contributed by atoms with van der Waals surface area (Å²) in [5, 5.41) is 7.37. The SMILES string of the molecule is O=C(c1cnn2c1N[C@@H](c1ccccc1)C[C@H]2C(F)(F)F)N(C1CCCCC1)C1CCCCC1. The Morgan fingerprint density at radius 3 is 2.09 bits per heavy atom. The van der Waals surface area contributed by atoms with Gasteiger partial charge in [-0.3, -0.25) is 4.79 Å². The normalized spacial score (nSPS) is 24.3. The van der Waals surface area contributed by atoms with Gasteiger partial charge in [-0.05, 0) is 31.2 Å². The van der Waals surface area contributed by atoms with E-state index in [1.165, 1.54) is 19.0 Å². The van der Waals surface area contributed by atoms with Gasteiger partial charge in [-0.2, -0.15) is 18.3 Å². The van der Waals surface area contributed by atoms with Crippen LogP contribution in [0, 0.1) is 0 Å². The number of nitrogens with one attached hydrogen (secondary N) is 1. The van der Waals surface area contributed by atoms with Crippen molar-refractivity contribution < 1.29 is 18.0 Å². The number of hydrogen-bond donors (Lipinski definition) is 1. The third-order valence-electron chi connectivity index (χ3n) is 7.84. The minimum absolute atomic E-state index is 0.159. The summed E-state index contributed by atoms with van der Waals surface area (Å²) in [6, 6.07) is 7.16. The van der Waals surface area contributed by atoms with E-state index < -0.39 is 18.3 Å². The molecule has 1 aromatic carbocycles. The molecular formula is C26H33F3N4O. The average molecular weight is 475 g/mol. The molecule has 1 aliphatic heterocycles. The summed E-state index contributed by atoms with van der Waals surface area (Å²) in [5.41, 5.74) is 1.05. The number of amides is 1. The monoisotopic (exact) mass is 474 g/mol. The van der Waals surface area contributed by atoms with E-state index in [-0.39, 0.29) is 35.8 Å². The lowest BCUT2D eigenvalue weighted by atomic mass is 9.88. The van der Waals surface area contributed by atoms with Gasteiger partial charge in [0, 0.05) is 18.5 Å². The van der Waals surface area contributed by atoms with Gasteiger partial charge in [0.1, 0.15) is 11.4 Å². The van der Waals surface area contributed by atoms with Gasteiger partial charge in [0.15, 0.2) is 6.04 Å². The lowest BCUT2D eigenvalue weighted by Gasteiger charge is -2.42. The molecule has 0 saturated heterocycles. The fraction of sp³-hybridized carbons (Fsp3) is 0.615. The number of halogens is 3. The Bertz CT molecular complexity index is 960. The van der Waals surface area contributed by atoms with Gasteiger partial charge >= 0.3 is 6.18 Å². The maximum atomic E-state index is 14.1. The molecule has 34 heavy (non-hydrogen) atoms. The van der Waals surface area contributed by atoms with Gasteiger partial charge in [-0.25, -0.2) is 4.68 Å². The van der Waals surface area contributed by atoms with Crippen molar-refractivity contribution in [2.75, 3.05) is 5.32 Å². The fourth-order valence-corrected chi connectivity index (χ4v) is 6.11. The van der Waals surface area contributed by atoms with Crippen LogP contribution >= 0.6 is 0 Å². The van der Waals surface area contributed by atoms with Crippen molar-refractivity contribution in [1.82, 2.24) is 14.7 Å². The predicted octanol–water partition coefficient (Wildman–Crippen LogP) is 6.65. The highest BCUT2D eigenvalue weighted by Crippen LogP contribution is 2.45. The maximum Gasteiger partial charge on any atom is 0.410 e. The summed E-state index contributed by atoms with van der Waals surface area (Å²) in [5.74, 6) is 0.0335. The number of carbonyl (C=O) groups is 1. The number of hydrogen-bond acceptors (Lipinski definition) is 3. The van der Waals surface area contributed by atoms with Crippen LogP contribution < -0.4 is 5.32 Å². The summed E-state index contributed by atoms with van der Waals surface area (Å²) < 4.78 is 43.2. The molecule has 1 amide bonds. The van der Waals surface area contributed by atoms with Crippen molar-refractivity contribution in [2.45, 2.75) is 101 Å². The van der Waals surface area contributed by atoms with E-state index in [1.54, 1.807) is 0 Å². The molecule has 2 saturated carbocycles. The average Bonchev–Trinajstić information content (AvgIpc) is 3.29. The molecule has 2 aromatic rings. The Morgan fingerprint density at radius 2 is 1.53 bits per heavy atom. The Labute approximate surface area is 198 Å². The molecule has 1 N–H and O–H groups in total. The first kappa shape index (κ1) is 23.2. The zero-order chi connectivity index (χ0) is 23.7. The Hall–Kier alpha value is -2.51. The number of nitrogens with zero attached hydrogens (tertiary/aromatic N) is 3. The summed E-state index contributed by atoms with van der Waals surface area (Å²) in [4.78, 5) is 16.1. The van der Waals surface area contributed by atoms with E-state index in [9.17, 15) is 18.0 Å². The van der Waals surface area contributed by atoms with E-state index in [4.69, 9.17) is 0 Å². The number of aromatic nitrogens is 2. The summed E-state index contributed by atoms with van der Waals surface area (Å²) in [6.07, 6.45) is 7.36. The molecule has 2 aliphatic carbocycles. The number of carbonyl (C=O) groups excluding carboxylic acids is 1. The van der Waals surface area contributed by atoms with Crippen molar-refractivity contribution in [3.05, 3.63) is 47.7 Å². The van der Waals surface area contributed by atoms with E-state index in [1.807, 2.05) is 35.2 Å². The van der Waals surface area contributed by atoms with Gasteiger partial charge in [0.25, 0.3) is 5.91 Å². The highest BCUT2D eigenvalue weighted by Gasteiger charge is 2.48.